The zero-order chi connectivity index (χ0) is 30.4. The molecular weight excluding hydrogens is 586 g/mol. The standard InChI is InChI=1S/C33H36ClN3O5S/c34-28-18-9-7-14-25(28)23-36(29(22-24-12-3-1-4-13-24)32(39)35-26-15-5-2-6-16-26)31(38)20-11-21-37-33(40)27-17-8-10-19-30(27)43(37,41)42/h1,3-4,7-10,12-14,17-19,26,29H,2,5-6,11,15-16,20-23H2,(H,35,39)/t29-/m1/s1. The molecule has 3 amide bonds. The summed E-state index contributed by atoms with van der Waals surface area (Å²) in [6.45, 7) is -0.0282. The molecule has 1 saturated carbocycles. The van der Waals surface area contributed by atoms with E-state index in [1.54, 1.807) is 29.2 Å². The first-order valence-electron chi connectivity index (χ1n) is 14.8. The SMILES string of the molecule is O=C(NC1CCCCC1)[C@@H](Cc1ccccc1)N(Cc1ccccc1Cl)C(=O)CCCN1C(=O)c2ccccc2S1(=O)=O. The Morgan fingerprint density at radius 3 is 2.33 bits per heavy atom. The van der Waals surface area contributed by atoms with Gasteiger partial charge in [-0.15, -0.1) is 0 Å². The van der Waals surface area contributed by atoms with Gasteiger partial charge in [-0.3, -0.25) is 14.4 Å². The van der Waals surface area contributed by atoms with Crippen LogP contribution in [0.2, 0.25) is 5.02 Å². The van der Waals surface area contributed by atoms with Crippen LogP contribution in [0.4, 0.5) is 0 Å². The molecule has 0 saturated heterocycles. The van der Waals surface area contributed by atoms with Gasteiger partial charge in [0.1, 0.15) is 10.9 Å². The van der Waals surface area contributed by atoms with Crippen LogP contribution in [0.15, 0.2) is 83.8 Å². The van der Waals surface area contributed by atoms with Gasteiger partial charge in [0.05, 0.1) is 5.56 Å². The van der Waals surface area contributed by atoms with Crippen LogP contribution in [0, 0.1) is 0 Å². The summed E-state index contributed by atoms with van der Waals surface area (Å²) in [4.78, 5) is 42.3. The lowest BCUT2D eigenvalue weighted by Gasteiger charge is -2.34. The molecule has 1 aliphatic carbocycles. The van der Waals surface area contributed by atoms with E-state index in [0.717, 1.165) is 42.0 Å². The molecule has 1 heterocycles. The molecular formula is C33H36ClN3O5S. The van der Waals surface area contributed by atoms with Crippen molar-refractivity contribution in [2.24, 2.45) is 0 Å². The van der Waals surface area contributed by atoms with Crippen LogP contribution in [-0.4, -0.2) is 54.0 Å². The summed E-state index contributed by atoms with van der Waals surface area (Å²) in [5.74, 6) is -1.13. The third-order valence-corrected chi connectivity index (χ3v) is 10.4. The van der Waals surface area contributed by atoms with Crippen LogP contribution in [0.3, 0.4) is 0 Å². The van der Waals surface area contributed by atoms with Crippen molar-refractivity contribution in [3.05, 3.63) is 101 Å². The highest BCUT2D eigenvalue weighted by Crippen LogP contribution is 2.30. The molecule has 0 spiro atoms. The van der Waals surface area contributed by atoms with Crippen molar-refractivity contribution < 1.29 is 22.8 Å². The molecule has 8 nitrogen and oxygen atoms in total. The number of benzene rings is 3. The Bertz CT molecular complexity index is 1570. The minimum absolute atomic E-state index is 0.0195. The van der Waals surface area contributed by atoms with Crippen LogP contribution < -0.4 is 5.32 Å². The zero-order valence-corrected chi connectivity index (χ0v) is 25.5. The predicted molar refractivity (Wildman–Crippen MR) is 165 cm³/mol. The topological polar surface area (TPSA) is 104 Å². The second-order valence-electron chi connectivity index (χ2n) is 11.1. The van der Waals surface area contributed by atoms with E-state index in [0.29, 0.717) is 17.0 Å². The van der Waals surface area contributed by atoms with Gasteiger partial charge in [-0.25, -0.2) is 12.7 Å². The van der Waals surface area contributed by atoms with Crippen LogP contribution in [0.25, 0.3) is 0 Å². The number of fused-ring (bicyclic) bond motifs is 1. The largest absolute Gasteiger partial charge is 0.352 e. The lowest BCUT2D eigenvalue weighted by molar-refractivity contribution is -0.141. The second kappa shape index (κ2) is 13.7. The summed E-state index contributed by atoms with van der Waals surface area (Å²) in [6.07, 6.45) is 5.44. The first kappa shape index (κ1) is 30.8. The number of hydrogen-bond donors (Lipinski definition) is 1. The van der Waals surface area contributed by atoms with E-state index in [2.05, 4.69) is 5.32 Å². The smallest absolute Gasteiger partial charge is 0.269 e. The number of rotatable bonds is 11. The number of halogens is 1. The zero-order valence-electron chi connectivity index (χ0n) is 24.0. The molecule has 1 fully saturated rings. The molecule has 226 valence electrons. The Balaban J connectivity index is 1.38. The second-order valence-corrected chi connectivity index (χ2v) is 13.4. The molecule has 0 radical (unpaired) electrons. The Morgan fingerprint density at radius 1 is 0.930 bits per heavy atom. The molecule has 1 N–H and O–H groups in total. The van der Waals surface area contributed by atoms with Crippen LogP contribution >= 0.6 is 11.6 Å². The first-order valence-corrected chi connectivity index (χ1v) is 16.6. The van der Waals surface area contributed by atoms with Gasteiger partial charge < -0.3 is 10.2 Å². The average Bonchev–Trinajstić information content (AvgIpc) is 3.21. The fourth-order valence-corrected chi connectivity index (χ4v) is 7.68. The summed E-state index contributed by atoms with van der Waals surface area (Å²) in [5.41, 5.74) is 1.75. The molecule has 10 heteroatoms. The van der Waals surface area contributed by atoms with Gasteiger partial charge in [0.2, 0.25) is 11.8 Å². The average molecular weight is 622 g/mol. The third kappa shape index (κ3) is 7.11. The number of sulfonamides is 1. The van der Waals surface area contributed by atoms with E-state index in [1.165, 1.54) is 12.1 Å². The van der Waals surface area contributed by atoms with E-state index in [4.69, 9.17) is 11.6 Å². The van der Waals surface area contributed by atoms with Crippen molar-refractivity contribution in [1.29, 1.82) is 0 Å². The number of nitrogens with zero attached hydrogens (tertiary/aromatic N) is 2. The van der Waals surface area contributed by atoms with Gasteiger partial charge in [-0.2, -0.15) is 0 Å². The molecule has 5 rings (SSSR count). The number of hydrogen-bond acceptors (Lipinski definition) is 5. The van der Waals surface area contributed by atoms with Crippen molar-refractivity contribution in [3.63, 3.8) is 0 Å². The predicted octanol–water partition coefficient (Wildman–Crippen LogP) is 5.35. The van der Waals surface area contributed by atoms with E-state index in [-0.39, 0.29) is 54.2 Å². The summed E-state index contributed by atoms with van der Waals surface area (Å²) in [6, 6.07) is 22.1. The molecule has 0 bridgehead atoms. The molecule has 0 unspecified atom stereocenters. The van der Waals surface area contributed by atoms with Crippen LogP contribution in [0.1, 0.15) is 66.4 Å². The number of amides is 3. The van der Waals surface area contributed by atoms with Gasteiger partial charge in [0.15, 0.2) is 0 Å². The summed E-state index contributed by atoms with van der Waals surface area (Å²) >= 11 is 6.51. The van der Waals surface area contributed by atoms with E-state index < -0.39 is 22.0 Å². The number of nitrogens with one attached hydrogen (secondary N) is 1. The molecule has 2 aliphatic rings. The minimum atomic E-state index is -3.98. The van der Waals surface area contributed by atoms with Gasteiger partial charge in [0, 0.05) is 37.0 Å². The Hall–Kier alpha value is -3.69. The van der Waals surface area contributed by atoms with E-state index in [9.17, 15) is 22.8 Å². The van der Waals surface area contributed by atoms with Crippen molar-refractivity contribution in [2.45, 2.75) is 74.9 Å². The van der Waals surface area contributed by atoms with Crippen LogP contribution in [0.5, 0.6) is 0 Å². The lowest BCUT2D eigenvalue weighted by atomic mass is 9.94. The fourth-order valence-electron chi connectivity index (χ4n) is 5.88. The Kier molecular flexibility index (Phi) is 9.82. The minimum Gasteiger partial charge on any atom is -0.352 e. The summed E-state index contributed by atoms with van der Waals surface area (Å²) in [7, 11) is -3.98. The van der Waals surface area contributed by atoms with Gasteiger partial charge in [-0.05, 0) is 48.6 Å². The molecule has 3 aromatic carbocycles. The normalized spacial score (nSPS) is 16.9. The third-order valence-electron chi connectivity index (χ3n) is 8.19. The molecule has 43 heavy (non-hydrogen) atoms. The van der Waals surface area contributed by atoms with E-state index >= 15 is 0 Å². The van der Waals surface area contributed by atoms with Crippen molar-refractivity contribution >= 4 is 39.3 Å². The maximum absolute atomic E-state index is 14.0. The molecule has 3 aromatic rings. The van der Waals surface area contributed by atoms with Crippen molar-refractivity contribution in [2.75, 3.05) is 6.54 Å². The summed E-state index contributed by atoms with van der Waals surface area (Å²) < 4.78 is 26.9. The number of carbonyl (C=O) groups excluding carboxylic acids is 3. The maximum atomic E-state index is 14.0. The Labute approximate surface area is 258 Å². The monoisotopic (exact) mass is 621 g/mol. The van der Waals surface area contributed by atoms with Gasteiger partial charge >= 0.3 is 0 Å². The highest BCUT2D eigenvalue weighted by atomic mass is 35.5. The highest BCUT2D eigenvalue weighted by Gasteiger charge is 2.40. The molecule has 1 aliphatic heterocycles. The fraction of sp³-hybridized carbons (Fsp3) is 0.364. The molecule has 0 aromatic heterocycles. The molecule has 1 atom stereocenters. The lowest BCUT2D eigenvalue weighted by Crippen LogP contribution is -2.53. The first-order chi connectivity index (χ1) is 20.8. The van der Waals surface area contributed by atoms with E-state index in [1.807, 2.05) is 42.5 Å². The van der Waals surface area contributed by atoms with Gasteiger partial charge in [0.25, 0.3) is 15.9 Å². The highest BCUT2D eigenvalue weighted by molar-refractivity contribution is 7.90. The number of carbonyl (C=O) groups is 3. The Morgan fingerprint density at radius 2 is 1.60 bits per heavy atom. The van der Waals surface area contributed by atoms with Gasteiger partial charge in [-0.1, -0.05) is 91.5 Å². The maximum Gasteiger partial charge on any atom is 0.269 e. The quantitative estimate of drug-likeness (QED) is 0.311. The van der Waals surface area contributed by atoms with Crippen molar-refractivity contribution in [3.8, 4) is 0 Å². The van der Waals surface area contributed by atoms with Crippen molar-refractivity contribution in [1.82, 2.24) is 14.5 Å². The van der Waals surface area contributed by atoms with Crippen LogP contribution in [-0.2, 0) is 32.6 Å². The summed E-state index contributed by atoms with van der Waals surface area (Å²) in [5, 5.41) is 3.69.